The molecule has 3 nitrogen and oxygen atoms in total. The lowest BCUT2D eigenvalue weighted by Gasteiger charge is -2.43. The smallest absolute Gasteiger partial charge is 0.0558 e. The van der Waals surface area contributed by atoms with Crippen LogP contribution in [-0.2, 0) is 0 Å². The van der Waals surface area contributed by atoms with Crippen molar-refractivity contribution in [1.29, 1.82) is 0 Å². The molecule has 0 aliphatic heterocycles. The third kappa shape index (κ3) is 5.80. The molecule has 0 aromatic rings. The van der Waals surface area contributed by atoms with Gasteiger partial charge in [0.05, 0.1) is 6.61 Å². The van der Waals surface area contributed by atoms with Gasteiger partial charge in [-0.15, -0.1) is 0 Å². The SMILES string of the molecule is CCCNCC1(CN(CC)CCO)CCCC(C)C1. The Balaban J connectivity index is 2.61. The van der Waals surface area contributed by atoms with E-state index in [0.717, 1.165) is 38.6 Å². The van der Waals surface area contributed by atoms with Crippen LogP contribution in [0, 0.1) is 11.3 Å². The van der Waals surface area contributed by atoms with Gasteiger partial charge in [0.15, 0.2) is 0 Å². The minimum atomic E-state index is 0.280. The van der Waals surface area contributed by atoms with E-state index in [9.17, 15) is 5.11 Å². The van der Waals surface area contributed by atoms with Gasteiger partial charge in [-0.2, -0.15) is 0 Å². The summed E-state index contributed by atoms with van der Waals surface area (Å²) in [7, 11) is 0. The molecule has 2 unspecified atom stereocenters. The van der Waals surface area contributed by atoms with E-state index in [0.29, 0.717) is 5.41 Å². The highest BCUT2D eigenvalue weighted by atomic mass is 16.3. The highest BCUT2D eigenvalue weighted by Gasteiger charge is 2.35. The molecule has 0 bridgehead atoms. The lowest BCUT2D eigenvalue weighted by Crippen LogP contribution is -2.47. The first kappa shape index (κ1) is 16.9. The Morgan fingerprint density at radius 3 is 2.74 bits per heavy atom. The van der Waals surface area contributed by atoms with E-state index in [4.69, 9.17) is 0 Å². The number of aliphatic hydroxyl groups is 1. The number of rotatable bonds is 9. The van der Waals surface area contributed by atoms with E-state index in [2.05, 4.69) is 31.0 Å². The van der Waals surface area contributed by atoms with Crippen molar-refractivity contribution in [1.82, 2.24) is 10.2 Å². The Hall–Kier alpha value is -0.120. The van der Waals surface area contributed by atoms with Crippen LogP contribution in [0.15, 0.2) is 0 Å². The third-order valence-electron chi connectivity index (χ3n) is 4.53. The molecule has 2 atom stereocenters. The van der Waals surface area contributed by atoms with Crippen molar-refractivity contribution in [3.8, 4) is 0 Å². The van der Waals surface area contributed by atoms with E-state index < -0.39 is 0 Å². The average Bonchev–Trinajstić information content (AvgIpc) is 2.38. The molecule has 0 saturated heterocycles. The van der Waals surface area contributed by atoms with E-state index in [1.807, 2.05) is 0 Å². The summed E-state index contributed by atoms with van der Waals surface area (Å²) in [4.78, 5) is 2.42. The van der Waals surface area contributed by atoms with Crippen LogP contribution in [0.25, 0.3) is 0 Å². The minimum absolute atomic E-state index is 0.280. The maximum absolute atomic E-state index is 9.19. The lowest BCUT2D eigenvalue weighted by molar-refractivity contribution is 0.0732. The quantitative estimate of drug-likeness (QED) is 0.632. The molecule has 0 aromatic carbocycles. The Labute approximate surface area is 119 Å². The lowest BCUT2D eigenvalue weighted by atomic mass is 9.69. The molecule has 3 heteroatoms. The molecule has 0 heterocycles. The summed E-state index contributed by atoms with van der Waals surface area (Å²) in [6, 6.07) is 0. The van der Waals surface area contributed by atoms with Crippen LogP contribution in [-0.4, -0.2) is 49.3 Å². The van der Waals surface area contributed by atoms with E-state index in [1.54, 1.807) is 0 Å². The van der Waals surface area contributed by atoms with Crippen molar-refractivity contribution in [3.63, 3.8) is 0 Å². The molecule has 1 rings (SSSR count). The first-order chi connectivity index (χ1) is 9.15. The van der Waals surface area contributed by atoms with Gasteiger partial charge in [0.1, 0.15) is 0 Å². The van der Waals surface area contributed by atoms with Crippen LogP contribution in [0.3, 0.4) is 0 Å². The Bertz CT molecular complexity index is 235. The number of hydrogen-bond acceptors (Lipinski definition) is 3. The number of hydrogen-bond donors (Lipinski definition) is 2. The summed E-state index contributed by atoms with van der Waals surface area (Å²) >= 11 is 0. The first-order valence-corrected chi connectivity index (χ1v) is 8.19. The zero-order chi connectivity index (χ0) is 14.1. The minimum Gasteiger partial charge on any atom is -0.395 e. The summed E-state index contributed by atoms with van der Waals surface area (Å²) in [5.41, 5.74) is 0.429. The van der Waals surface area contributed by atoms with Gasteiger partial charge >= 0.3 is 0 Å². The summed E-state index contributed by atoms with van der Waals surface area (Å²) in [6.07, 6.45) is 6.65. The molecule has 114 valence electrons. The fraction of sp³-hybridized carbons (Fsp3) is 1.00. The molecule has 0 amide bonds. The van der Waals surface area contributed by atoms with Gasteiger partial charge in [-0.25, -0.2) is 0 Å². The Morgan fingerprint density at radius 1 is 1.37 bits per heavy atom. The van der Waals surface area contributed by atoms with E-state index in [1.165, 1.54) is 32.1 Å². The number of nitrogens with one attached hydrogen (secondary N) is 1. The van der Waals surface area contributed by atoms with Gasteiger partial charge in [0.25, 0.3) is 0 Å². The van der Waals surface area contributed by atoms with Gasteiger partial charge in [-0.05, 0) is 43.7 Å². The molecular formula is C16H34N2O. The molecule has 1 saturated carbocycles. The van der Waals surface area contributed by atoms with E-state index in [-0.39, 0.29) is 6.61 Å². The largest absolute Gasteiger partial charge is 0.395 e. The number of nitrogens with zero attached hydrogens (tertiary/aromatic N) is 1. The standard InChI is InChI=1S/C16H34N2O/c1-4-9-17-13-16(8-6-7-15(3)12-16)14-18(5-2)10-11-19/h15,17,19H,4-14H2,1-3H3. The Kier molecular flexibility index (Phi) is 7.96. The van der Waals surface area contributed by atoms with Gasteiger partial charge in [-0.1, -0.05) is 33.6 Å². The fourth-order valence-corrected chi connectivity index (χ4v) is 3.62. The molecule has 2 N–H and O–H groups in total. The van der Waals surface area contributed by atoms with Crippen LogP contribution in [0.1, 0.15) is 52.9 Å². The molecule has 0 aromatic heterocycles. The zero-order valence-corrected chi connectivity index (χ0v) is 13.2. The van der Waals surface area contributed by atoms with Crippen molar-refractivity contribution >= 4 is 0 Å². The molecule has 19 heavy (non-hydrogen) atoms. The van der Waals surface area contributed by atoms with Crippen molar-refractivity contribution in [3.05, 3.63) is 0 Å². The van der Waals surface area contributed by atoms with Crippen LogP contribution >= 0.6 is 0 Å². The van der Waals surface area contributed by atoms with Crippen LogP contribution in [0.4, 0.5) is 0 Å². The summed E-state index contributed by atoms with van der Waals surface area (Å²) < 4.78 is 0. The predicted octanol–water partition coefficient (Wildman–Crippen LogP) is 2.50. The zero-order valence-electron chi connectivity index (χ0n) is 13.2. The summed E-state index contributed by atoms with van der Waals surface area (Å²) in [5.74, 6) is 0.852. The van der Waals surface area contributed by atoms with Gasteiger partial charge in [0, 0.05) is 19.6 Å². The molecule has 0 spiro atoms. The topological polar surface area (TPSA) is 35.5 Å². The van der Waals surface area contributed by atoms with Crippen LogP contribution in [0.2, 0.25) is 0 Å². The fourth-order valence-electron chi connectivity index (χ4n) is 3.62. The van der Waals surface area contributed by atoms with Gasteiger partial charge in [0.2, 0.25) is 0 Å². The van der Waals surface area contributed by atoms with Gasteiger partial charge < -0.3 is 15.3 Å². The van der Waals surface area contributed by atoms with Crippen molar-refractivity contribution in [2.75, 3.05) is 39.3 Å². The van der Waals surface area contributed by atoms with E-state index >= 15 is 0 Å². The highest BCUT2D eigenvalue weighted by molar-refractivity contribution is 4.89. The van der Waals surface area contributed by atoms with Crippen LogP contribution in [0.5, 0.6) is 0 Å². The van der Waals surface area contributed by atoms with Crippen LogP contribution < -0.4 is 5.32 Å². The molecule has 1 fully saturated rings. The second-order valence-electron chi connectivity index (χ2n) is 6.47. The molecule has 0 radical (unpaired) electrons. The summed E-state index contributed by atoms with van der Waals surface area (Å²) in [6.45, 7) is 12.4. The monoisotopic (exact) mass is 270 g/mol. The van der Waals surface area contributed by atoms with Crippen molar-refractivity contribution < 1.29 is 5.11 Å². The Morgan fingerprint density at radius 2 is 2.16 bits per heavy atom. The summed E-state index contributed by atoms with van der Waals surface area (Å²) in [5, 5.41) is 12.8. The van der Waals surface area contributed by atoms with Crippen molar-refractivity contribution in [2.24, 2.45) is 11.3 Å². The number of aliphatic hydroxyl groups excluding tert-OH is 1. The maximum atomic E-state index is 9.19. The highest BCUT2D eigenvalue weighted by Crippen LogP contribution is 2.39. The first-order valence-electron chi connectivity index (χ1n) is 8.19. The second kappa shape index (κ2) is 8.93. The third-order valence-corrected chi connectivity index (χ3v) is 4.53. The second-order valence-corrected chi connectivity index (χ2v) is 6.47. The predicted molar refractivity (Wildman–Crippen MR) is 82.4 cm³/mol. The maximum Gasteiger partial charge on any atom is 0.0558 e. The number of likely N-dealkylation sites (N-methyl/N-ethyl adjacent to an activating group) is 1. The normalized spacial score (nSPS) is 27.9. The molecule has 1 aliphatic carbocycles. The molecular weight excluding hydrogens is 236 g/mol. The van der Waals surface area contributed by atoms with Crippen molar-refractivity contribution in [2.45, 2.75) is 52.9 Å². The average molecular weight is 270 g/mol. The molecule has 1 aliphatic rings. The van der Waals surface area contributed by atoms with Gasteiger partial charge in [-0.3, -0.25) is 0 Å².